The van der Waals surface area contributed by atoms with Crippen molar-refractivity contribution in [3.63, 3.8) is 0 Å². The third-order valence-electron chi connectivity index (χ3n) is 1.85. The predicted molar refractivity (Wildman–Crippen MR) is 48.8 cm³/mol. The number of amides is 2. The van der Waals surface area contributed by atoms with Crippen molar-refractivity contribution < 1.29 is 9.59 Å². The number of carbonyl (C=O) groups is 2. The Labute approximate surface area is 77.4 Å². The molecule has 1 rings (SSSR count). The molecule has 0 saturated carbocycles. The molecule has 0 atom stereocenters. The highest BCUT2D eigenvalue weighted by Gasteiger charge is 2.19. The smallest absolute Gasteiger partial charge is 0.274 e. The molecule has 0 spiro atoms. The van der Waals surface area contributed by atoms with E-state index in [1.54, 1.807) is 0 Å². The van der Waals surface area contributed by atoms with Crippen LogP contribution in [0.15, 0.2) is 11.8 Å². The van der Waals surface area contributed by atoms with Crippen molar-refractivity contribution in [3.05, 3.63) is 11.8 Å². The van der Waals surface area contributed by atoms with Crippen LogP contribution in [0.3, 0.4) is 0 Å². The van der Waals surface area contributed by atoms with Crippen LogP contribution in [0.2, 0.25) is 0 Å². The molecule has 0 unspecified atom stereocenters. The first kappa shape index (κ1) is 9.77. The van der Waals surface area contributed by atoms with Gasteiger partial charge in [0.25, 0.3) is 11.8 Å². The molecule has 13 heavy (non-hydrogen) atoms. The van der Waals surface area contributed by atoms with E-state index in [-0.39, 0.29) is 11.8 Å². The minimum atomic E-state index is -0.331. The van der Waals surface area contributed by atoms with Gasteiger partial charge in [-0.15, -0.1) is 0 Å². The van der Waals surface area contributed by atoms with Gasteiger partial charge in [0.05, 0.1) is 0 Å². The van der Waals surface area contributed by atoms with Gasteiger partial charge in [0.1, 0.15) is 5.70 Å². The molecule has 4 nitrogen and oxygen atoms in total. The lowest BCUT2D eigenvalue weighted by Gasteiger charge is -2.03. The van der Waals surface area contributed by atoms with Gasteiger partial charge in [-0.05, 0) is 6.42 Å². The zero-order chi connectivity index (χ0) is 9.68. The van der Waals surface area contributed by atoms with E-state index < -0.39 is 0 Å². The van der Waals surface area contributed by atoms with Gasteiger partial charge in [0.2, 0.25) is 0 Å². The highest BCUT2D eigenvalue weighted by molar-refractivity contribution is 6.15. The van der Waals surface area contributed by atoms with Crippen LogP contribution in [-0.4, -0.2) is 18.4 Å². The van der Waals surface area contributed by atoms with E-state index in [4.69, 9.17) is 0 Å². The van der Waals surface area contributed by atoms with Crippen LogP contribution >= 0.6 is 0 Å². The highest BCUT2D eigenvalue weighted by atomic mass is 16.2. The number of nitrogens with one attached hydrogen (secondary N) is 2. The van der Waals surface area contributed by atoms with Gasteiger partial charge in [0.15, 0.2) is 0 Å². The van der Waals surface area contributed by atoms with Crippen molar-refractivity contribution in [2.24, 2.45) is 0 Å². The Bertz CT molecular complexity index is 246. The Morgan fingerprint density at radius 2 is 2.15 bits per heavy atom. The molecular weight excluding hydrogens is 168 g/mol. The SMILES string of the molecule is CCCCCNC1=CC(=O)NC1=O. The molecular formula is C9H14N2O2. The summed E-state index contributed by atoms with van der Waals surface area (Å²) in [6, 6.07) is 0. The van der Waals surface area contributed by atoms with Crippen LogP contribution in [0, 0.1) is 0 Å². The zero-order valence-electron chi connectivity index (χ0n) is 7.72. The van der Waals surface area contributed by atoms with Crippen molar-refractivity contribution in [2.45, 2.75) is 26.2 Å². The number of unbranched alkanes of at least 4 members (excludes halogenated alkanes) is 2. The van der Waals surface area contributed by atoms with Crippen LogP contribution in [0.1, 0.15) is 26.2 Å². The summed E-state index contributed by atoms with van der Waals surface area (Å²) in [5, 5.41) is 5.10. The first-order valence-corrected chi connectivity index (χ1v) is 4.55. The second-order valence-corrected chi connectivity index (χ2v) is 3.01. The molecule has 0 aliphatic carbocycles. The maximum Gasteiger partial charge on any atom is 0.274 e. The van der Waals surface area contributed by atoms with E-state index in [2.05, 4.69) is 17.6 Å². The molecule has 0 fully saturated rings. The molecule has 0 aromatic heterocycles. The predicted octanol–water partition coefficient (Wildman–Crippen LogP) is 0.306. The van der Waals surface area contributed by atoms with Gasteiger partial charge < -0.3 is 5.32 Å². The largest absolute Gasteiger partial charge is 0.380 e. The maximum absolute atomic E-state index is 11.0. The molecule has 72 valence electrons. The van der Waals surface area contributed by atoms with E-state index in [1.165, 1.54) is 6.08 Å². The van der Waals surface area contributed by atoms with Crippen molar-refractivity contribution in [2.75, 3.05) is 6.54 Å². The Hall–Kier alpha value is -1.32. The second kappa shape index (κ2) is 4.64. The van der Waals surface area contributed by atoms with Gasteiger partial charge in [-0.1, -0.05) is 19.8 Å². The molecule has 0 radical (unpaired) electrons. The topological polar surface area (TPSA) is 58.2 Å². The van der Waals surface area contributed by atoms with E-state index in [1.807, 2.05) is 0 Å². The summed E-state index contributed by atoms with van der Waals surface area (Å²) in [6.07, 6.45) is 4.60. The molecule has 0 aromatic rings. The molecule has 0 bridgehead atoms. The molecule has 1 aliphatic rings. The van der Waals surface area contributed by atoms with Crippen molar-refractivity contribution in [1.29, 1.82) is 0 Å². The quantitative estimate of drug-likeness (QED) is 0.475. The first-order valence-electron chi connectivity index (χ1n) is 4.55. The fourth-order valence-corrected chi connectivity index (χ4v) is 1.14. The normalized spacial score (nSPS) is 15.6. The Morgan fingerprint density at radius 1 is 1.38 bits per heavy atom. The van der Waals surface area contributed by atoms with E-state index in [0.29, 0.717) is 5.70 Å². The first-order chi connectivity index (χ1) is 6.24. The average Bonchev–Trinajstić information content (AvgIpc) is 2.39. The molecule has 0 aromatic carbocycles. The summed E-state index contributed by atoms with van der Waals surface area (Å²) in [5.74, 6) is -0.649. The maximum atomic E-state index is 11.0. The molecule has 1 heterocycles. The number of imide groups is 1. The van der Waals surface area contributed by atoms with Gasteiger partial charge in [-0.2, -0.15) is 0 Å². The average molecular weight is 182 g/mol. The number of hydrogen-bond acceptors (Lipinski definition) is 3. The van der Waals surface area contributed by atoms with Crippen LogP contribution in [0.4, 0.5) is 0 Å². The van der Waals surface area contributed by atoms with Crippen LogP contribution in [-0.2, 0) is 9.59 Å². The monoisotopic (exact) mass is 182 g/mol. The van der Waals surface area contributed by atoms with E-state index in [9.17, 15) is 9.59 Å². The van der Waals surface area contributed by atoms with E-state index >= 15 is 0 Å². The lowest BCUT2D eigenvalue weighted by molar-refractivity contribution is -0.124. The highest BCUT2D eigenvalue weighted by Crippen LogP contribution is 1.99. The third kappa shape index (κ3) is 2.89. The van der Waals surface area contributed by atoms with Crippen LogP contribution < -0.4 is 10.6 Å². The zero-order valence-corrected chi connectivity index (χ0v) is 7.72. The number of rotatable bonds is 5. The number of hydrogen-bond donors (Lipinski definition) is 2. The molecule has 4 heteroatoms. The summed E-state index contributed by atoms with van der Waals surface area (Å²) in [7, 11) is 0. The van der Waals surface area contributed by atoms with Crippen molar-refractivity contribution >= 4 is 11.8 Å². The van der Waals surface area contributed by atoms with Gasteiger partial charge in [0, 0.05) is 12.6 Å². The van der Waals surface area contributed by atoms with Crippen LogP contribution in [0.5, 0.6) is 0 Å². The van der Waals surface area contributed by atoms with Crippen LogP contribution in [0.25, 0.3) is 0 Å². The Balaban J connectivity index is 2.25. The Morgan fingerprint density at radius 3 is 2.69 bits per heavy atom. The molecule has 0 saturated heterocycles. The summed E-state index contributed by atoms with van der Waals surface area (Å²) >= 11 is 0. The molecule has 1 aliphatic heterocycles. The van der Waals surface area contributed by atoms with Crippen molar-refractivity contribution in [3.8, 4) is 0 Å². The van der Waals surface area contributed by atoms with E-state index in [0.717, 1.165) is 25.8 Å². The Kier molecular flexibility index (Phi) is 3.49. The fraction of sp³-hybridized carbons (Fsp3) is 0.556. The lowest BCUT2D eigenvalue weighted by Crippen LogP contribution is -2.27. The van der Waals surface area contributed by atoms with Gasteiger partial charge in [-0.25, -0.2) is 0 Å². The summed E-state index contributed by atoms with van der Waals surface area (Å²) < 4.78 is 0. The summed E-state index contributed by atoms with van der Waals surface area (Å²) in [6.45, 7) is 2.87. The van der Waals surface area contributed by atoms with Crippen molar-refractivity contribution in [1.82, 2.24) is 10.6 Å². The van der Waals surface area contributed by atoms with Gasteiger partial charge >= 0.3 is 0 Å². The minimum absolute atomic E-state index is 0.318. The van der Waals surface area contributed by atoms with Gasteiger partial charge in [-0.3, -0.25) is 14.9 Å². The molecule has 2 amide bonds. The summed E-state index contributed by atoms with van der Waals surface area (Å²) in [4.78, 5) is 21.7. The standard InChI is InChI=1S/C9H14N2O2/c1-2-3-4-5-10-7-6-8(12)11-9(7)13/h6H,2-5H2,1H3,(H2,10,11,12,13). The summed E-state index contributed by atoms with van der Waals surface area (Å²) in [5.41, 5.74) is 0.390. The lowest BCUT2D eigenvalue weighted by atomic mass is 10.2. The third-order valence-corrected chi connectivity index (χ3v) is 1.85. The molecule has 2 N–H and O–H groups in total. The second-order valence-electron chi connectivity index (χ2n) is 3.01. The minimum Gasteiger partial charge on any atom is -0.380 e. The fourth-order valence-electron chi connectivity index (χ4n) is 1.14. The number of carbonyl (C=O) groups excluding carboxylic acids is 2.